The van der Waals surface area contributed by atoms with Crippen molar-refractivity contribution in [3.05, 3.63) is 65.7 Å². The third kappa shape index (κ3) is 6.10. The summed E-state index contributed by atoms with van der Waals surface area (Å²) in [4.78, 5) is 26.1. The summed E-state index contributed by atoms with van der Waals surface area (Å²) in [6.07, 6.45) is 0.0291. The van der Waals surface area contributed by atoms with Gasteiger partial charge in [0.2, 0.25) is 5.91 Å². The first-order valence-electron chi connectivity index (χ1n) is 9.04. The number of likely N-dealkylation sites (tertiary alicyclic amines) is 1. The molecule has 2 amide bonds. The van der Waals surface area contributed by atoms with Crippen molar-refractivity contribution in [3.8, 4) is 5.75 Å². The molecule has 0 atom stereocenters. The van der Waals surface area contributed by atoms with Gasteiger partial charge in [0, 0.05) is 30.4 Å². The van der Waals surface area contributed by atoms with Gasteiger partial charge in [0.05, 0.1) is 0 Å². The van der Waals surface area contributed by atoms with Gasteiger partial charge in [-0.05, 0) is 60.9 Å². The van der Waals surface area contributed by atoms with Crippen molar-refractivity contribution >= 4 is 23.6 Å². The van der Waals surface area contributed by atoms with Crippen molar-refractivity contribution in [2.24, 2.45) is 0 Å². The highest BCUT2D eigenvalue weighted by molar-refractivity contribution is 6.02. The van der Waals surface area contributed by atoms with Crippen molar-refractivity contribution < 1.29 is 27.5 Å². The van der Waals surface area contributed by atoms with Crippen LogP contribution in [0.2, 0.25) is 0 Å². The van der Waals surface area contributed by atoms with Crippen LogP contribution in [0, 0.1) is 0 Å². The summed E-state index contributed by atoms with van der Waals surface area (Å²) >= 11 is 0. The number of benzene rings is 2. The number of hydrogen-bond acceptors (Lipinski definition) is 3. The second-order valence-corrected chi connectivity index (χ2v) is 6.52. The number of nitrogens with one attached hydrogen (secondary N) is 1. The Labute approximate surface area is 165 Å². The summed E-state index contributed by atoms with van der Waals surface area (Å²) in [6, 6.07) is 11.8. The maximum atomic E-state index is 12.3. The molecule has 3 rings (SSSR count). The van der Waals surface area contributed by atoms with Crippen LogP contribution in [-0.2, 0) is 4.79 Å². The van der Waals surface area contributed by atoms with Crippen LogP contribution in [0.15, 0.2) is 54.6 Å². The Morgan fingerprint density at radius 3 is 2.17 bits per heavy atom. The van der Waals surface area contributed by atoms with Crippen molar-refractivity contribution in [2.75, 3.05) is 18.4 Å². The minimum atomic E-state index is -4.74. The van der Waals surface area contributed by atoms with E-state index in [4.69, 9.17) is 0 Å². The Morgan fingerprint density at radius 2 is 1.59 bits per heavy atom. The number of hydrogen-bond donors (Lipinski definition) is 1. The SMILES string of the molecule is O=C(/C=C/c1ccc(OC(F)(F)F)cc1)Nc1ccc(C(=O)N2CCCC2)cc1. The summed E-state index contributed by atoms with van der Waals surface area (Å²) in [5.41, 5.74) is 1.65. The molecule has 1 heterocycles. The van der Waals surface area contributed by atoms with Crippen LogP contribution in [0.3, 0.4) is 0 Å². The summed E-state index contributed by atoms with van der Waals surface area (Å²) in [7, 11) is 0. The average Bonchev–Trinajstić information content (AvgIpc) is 3.21. The van der Waals surface area contributed by atoms with Crippen LogP contribution in [-0.4, -0.2) is 36.2 Å². The zero-order valence-electron chi connectivity index (χ0n) is 15.4. The zero-order valence-corrected chi connectivity index (χ0v) is 15.4. The molecule has 0 unspecified atom stereocenters. The minimum absolute atomic E-state index is 0.0155. The third-order valence-corrected chi connectivity index (χ3v) is 4.33. The molecule has 1 aliphatic heterocycles. The molecule has 29 heavy (non-hydrogen) atoms. The predicted octanol–water partition coefficient (Wildman–Crippen LogP) is 4.47. The van der Waals surface area contributed by atoms with Crippen LogP contribution in [0.1, 0.15) is 28.8 Å². The van der Waals surface area contributed by atoms with Crippen molar-refractivity contribution in [3.63, 3.8) is 0 Å². The van der Waals surface area contributed by atoms with Crippen molar-refractivity contribution in [1.82, 2.24) is 4.90 Å². The van der Waals surface area contributed by atoms with Crippen LogP contribution in [0.4, 0.5) is 18.9 Å². The van der Waals surface area contributed by atoms with Gasteiger partial charge in [0.25, 0.3) is 5.91 Å². The normalized spacial score (nSPS) is 14.2. The van der Waals surface area contributed by atoms with Gasteiger partial charge in [-0.3, -0.25) is 9.59 Å². The summed E-state index contributed by atoms with van der Waals surface area (Å²) in [5.74, 6) is -0.750. The highest BCUT2D eigenvalue weighted by atomic mass is 19.4. The molecule has 5 nitrogen and oxygen atoms in total. The number of carbonyl (C=O) groups is 2. The summed E-state index contributed by atoms with van der Waals surface area (Å²) < 4.78 is 40.2. The Hall–Kier alpha value is -3.29. The van der Waals surface area contributed by atoms with Crippen LogP contribution >= 0.6 is 0 Å². The zero-order chi connectivity index (χ0) is 20.9. The quantitative estimate of drug-likeness (QED) is 0.748. The van der Waals surface area contributed by atoms with Gasteiger partial charge in [-0.25, -0.2) is 0 Å². The van der Waals surface area contributed by atoms with E-state index in [-0.39, 0.29) is 11.7 Å². The number of amides is 2. The van der Waals surface area contributed by atoms with E-state index in [0.717, 1.165) is 25.9 Å². The molecule has 0 aliphatic carbocycles. The number of anilines is 1. The van der Waals surface area contributed by atoms with E-state index in [2.05, 4.69) is 10.1 Å². The third-order valence-electron chi connectivity index (χ3n) is 4.33. The molecular formula is C21H19F3N2O3. The molecule has 2 aromatic carbocycles. The highest BCUT2D eigenvalue weighted by Crippen LogP contribution is 2.23. The van der Waals surface area contributed by atoms with E-state index in [9.17, 15) is 22.8 Å². The van der Waals surface area contributed by atoms with E-state index in [0.29, 0.717) is 16.8 Å². The molecular weight excluding hydrogens is 385 g/mol. The number of halogens is 3. The Bertz CT molecular complexity index is 885. The number of alkyl halides is 3. The molecule has 0 radical (unpaired) electrons. The lowest BCUT2D eigenvalue weighted by atomic mass is 10.1. The van der Waals surface area contributed by atoms with Gasteiger partial charge in [-0.1, -0.05) is 12.1 Å². The van der Waals surface area contributed by atoms with Gasteiger partial charge in [-0.15, -0.1) is 13.2 Å². The lowest BCUT2D eigenvalue weighted by Gasteiger charge is -2.15. The lowest BCUT2D eigenvalue weighted by Crippen LogP contribution is -2.27. The molecule has 0 bridgehead atoms. The van der Waals surface area contributed by atoms with E-state index >= 15 is 0 Å². The van der Waals surface area contributed by atoms with E-state index in [1.807, 2.05) is 0 Å². The molecule has 0 saturated carbocycles. The number of nitrogens with zero attached hydrogens (tertiary/aromatic N) is 1. The van der Waals surface area contributed by atoms with Gasteiger partial charge in [-0.2, -0.15) is 0 Å². The van der Waals surface area contributed by atoms with Crippen LogP contribution < -0.4 is 10.1 Å². The molecule has 0 aromatic heterocycles. The fourth-order valence-electron chi connectivity index (χ4n) is 2.94. The summed E-state index contributed by atoms with van der Waals surface area (Å²) in [5, 5.41) is 2.67. The highest BCUT2D eigenvalue weighted by Gasteiger charge is 2.30. The number of ether oxygens (including phenoxy) is 1. The second-order valence-electron chi connectivity index (χ2n) is 6.52. The molecule has 0 spiro atoms. The van der Waals surface area contributed by atoms with Gasteiger partial charge in [0.1, 0.15) is 5.75 Å². The maximum absolute atomic E-state index is 12.3. The van der Waals surface area contributed by atoms with Gasteiger partial charge < -0.3 is 15.0 Å². The molecule has 152 valence electrons. The van der Waals surface area contributed by atoms with Gasteiger partial charge in [0.15, 0.2) is 0 Å². The smallest absolute Gasteiger partial charge is 0.406 e. The lowest BCUT2D eigenvalue weighted by molar-refractivity contribution is -0.274. The topological polar surface area (TPSA) is 58.6 Å². The predicted molar refractivity (Wildman–Crippen MR) is 102 cm³/mol. The van der Waals surface area contributed by atoms with E-state index in [1.54, 1.807) is 29.2 Å². The Balaban J connectivity index is 1.54. The Morgan fingerprint density at radius 1 is 0.966 bits per heavy atom. The summed E-state index contributed by atoms with van der Waals surface area (Å²) in [6.45, 7) is 1.54. The first-order valence-corrected chi connectivity index (χ1v) is 9.04. The monoisotopic (exact) mass is 404 g/mol. The molecule has 1 saturated heterocycles. The fraction of sp³-hybridized carbons (Fsp3) is 0.238. The van der Waals surface area contributed by atoms with E-state index in [1.165, 1.54) is 36.4 Å². The van der Waals surface area contributed by atoms with Crippen LogP contribution in [0.5, 0.6) is 5.75 Å². The molecule has 1 N–H and O–H groups in total. The molecule has 2 aromatic rings. The first-order chi connectivity index (χ1) is 13.8. The number of rotatable bonds is 5. The molecule has 8 heteroatoms. The Kier molecular flexibility index (Phi) is 6.21. The molecule has 1 aliphatic rings. The largest absolute Gasteiger partial charge is 0.573 e. The molecule has 1 fully saturated rings. The van der Waals surface area contributed by atoms with Crippen molar-refractivity contribution in [2.45, 2.75) is 19.2 Å². The van der Waals surface area contributed by atoms with Crippen molar-refractivity contribution in [1.29, 1.82) is 0 Å². The average molecular weight is 404 g/mol. The maximum Gasteiger partial charge on any atom is 0.573 e. The van der Waals surface area contributed by atoms with Crippen LogP contribution in [0.25, 0.3) is 6.08 Å². The second kappa shape index (κ2) is 8.81. The fourth-order valence-corrected chi connectivity index (χ4v) is 2.94. The first kappa shape index (κ1) is 20.4. The van der Waals surface area contributed by atoms with Gasteiger partial charge >= 0.3 is 6.36 Å². The minimum Gasteiger partial charge on any atom is -0.406 e. The van der Waals surface area contributed by atoms with E-state index < -0.39 is 12.3 Å². The standard InChI is InChI=1S/C21H19F3N2O3/c22-21(23,24)29-18-10-3-15(4-11-18)5-12-19(27)25-17-8-6-16(7-9-17)20(28)26-13-1-2-14-26/h3-12H,1-2,13-14H2,(H,25,27)/b12-5+. The number of carbonyl (C=O) groups excluding carboxylic acids is 2.